The van der Waals surface area contributed by atoms with Crippen molar-refractivity contribution in [2.75, 3.05) is 16.8 Å². The van der Waals surface area contributed by atoms with E-state index in [2.05, 4.69) is 20.3 Å². The van der Waals surface area contributed by atoms with E-state index < -0.39 is 30.1 Å². The summed E-state index contributed by atoms with van der Waals surface area (Å²) >= 11 is 5.91. The highest BCUT2D eigenvalue weighted by molar-refractivity contribution is 6.30. The van der Waals surface area contributed by atoms with Gasteiger partial charge in [-0.2, -0.15) is 4.98 Å². The SMILES string of the molecule is C[C@@H](Nc1ncc(F)c(N2C(=O)OC[C@@H]2[C@@H](C)O)n1)c1ncc(-c2ccc(Cl)cc2)o1. The van der Waals surface area contributed by atoms with Gasteiger partial charge in [-0.15, -0.1) is 0 Å². The quantitative estimate of drug-likeness (QED) is 0.586. The molecule has 1 saturated heterocycles. The lowest BCUT2D eigenvalue weighted by Gasteiger charge is -2.23. The summed E-state index contributed by atoms with van der Waals surface area (Å²) in [5.74, 6) is -0.127. The number of aromatic nitrogens is 3. The van der Waals surface area contributed by atoms with E-state index in [4.69, 9.17) is 20.8 Å². The Morgan fingerprint density at radius 3 is 2.71 bits per heavy atom. The minimum atomic E-state index is -0.935. The maximum absolute atomic E-state index is 14.4. The molecule has 0 radical (unpaired) electrons. The predicted molar refractivity (Wildman–Crippen MR) is 110 cm³/mol. The van der Waals surface area contributed by atoms with Gasteiger partial charge in [0.25, 0.3) is 0 Å². The summed E-state index contributed by atoms with van der Waals surface area (Å²) in [5, 5.41) is 13.5. The van der Waals surface area contributed by atoms with Gasteiger partial charge in [0.05, 0.1) is 18.5 Å². The van der Waals surface area contributed by atoms with Crippen molar-refractivity contribution in [3.8, 4) is 11.3 Å². The number of nitrogens with one attached hydrogen (secondary N) is 1. The largest absolute Gasteiger partial charge is 0.447 e. The molecule has 11 heteroatoms. The Bertz CT molecular complexity index is 1090. The Kier molecular flexibility index (Phi) is 5.75. The van der Waals surface area contributed by atoms with E-state index in [0.717, 1.165) is 16.7 Å². The van der Waals surface area contributed by atoms with Crippen LogP contribution in [0.1, 0.15) is 25.8 Å². The average molecular weight is 448 g/mol. The van der Waals surface area contributed by atoms with Crippen molar-refractivity contribution >= 4 is 29.5 Å². The fourth-order valence-corrected chi connectivity index (χ4v) is 3.25. The number of oxazole rings is 1. The molecule has 9 nitrogen and oxygen atoms in total. The molecule has 3 atom stereocenters. The van der Waals surface area contributed by atoms with Gasteiger partial charge in [0.1, 0.15) is 18.7 Å². The molecule has 162 valence electrons. The molecular formula is C20H19ClFN5O4. The molecule has 1 aliphatic heterocycles. The lowest BCUT2D eigenvalue weighted by molar-refractivity contribution is 0.142. The van der Waals surface area contributed by atoms with E-state index in [1.165, 1.54) is 6.92 Å². The molecule has 31 heavy (non-hydrogen) atoms. The van der Waals surface area contributed by atoms with Crippen molar-refractivity contribution in [3.05, 3.63) is 53.4 Å². The van der Waals surface area contributed by atoms with Gasteiger partial charge in [-0.25, -0.2) is 24.1 Å². The van der Waals surface area contributed by atoms with Crippen LogP contribution in [0.15, 0.2) is 41.1 Å². The van der Waals surface area contributed by atoms with Gasteiger partial charge in [-0.1, -0.05) is 11.6 Å². The monoisotopic (exact) mass is 447 g/mol. The van der Waals surface area contributed by atoms with Crippen LogP contribution in [0.4, 0.5) is 21.0 Å². The molecule has 4 rings (SSSR count). The van der Waals surface area contributed by atoms with Crippen LogP contribution in [0, 0.1) is 5.82 Å². The number of nitrogens with zero attached hydrogens (tertiary/aromatic N) is 4. The van der Waals surface area contributed by atoms with Crippen molar-refractivity contribution < 1.29 is 23.4 Å². The number of hydrogen-bond donors (Lipinski definition) is 2. The first kappa shape index (κ1) is 21.0. The number of amides is 1. The molecule has 1 aromatic carbocycles. The van der Waals surface area contributed by atoms with E-state index in [1.54, 1.807) is 25.3 Å². The Morgan fingerprint density at radius 1 is 1.26 bits per heavy atom. The minimum Gasteiger partial charge on any atom is -0.447 e. The van der Waals surface area contributed by atoms with Crippen LogP contribution in [0.2, 0.25) is 5.02 Å². The van der Waals surface area contributed by atoms with Crippen LogP contribution in [-0.2, 0) is 4.74 Å². The number of benzene rings is 1. The van der Waals surface area contributed by atoms with Gasteiger partial charge >= 0.3 is 6.09 Å². The zero-order valence-electron chi connectivity index (χ0n) is 16.6. The second-order valence-electron chi connectivity index (χ2n) is 7.06. The molecule has 2 aromatic heterocycles. The summed E-state index contributed by atoms with van der Waals surface area (Å²) in [6.45, 7) is 3.19. The van der Waals surface area contributed by atoms with E-state index in [-0.39, 0.29) is 18.4 Å². The first-order valence-electron chi connectivity index (χ1n) is 9.48. The van der Waals surface area contributed by atoms with Gasteiger partial charge < -0.3 is 19.6 Å². The molecule has 2 N–H and O–H groups in total. The summed E-state index contributed by atoms with van der Waals surface area (Å²) in [6, 6.07) is 5.91. The number of hydrogen-bond acceptors (Lipinski definition) is 8. The van der Waals surface area contributed by atoms with E-state index in [1.807, 2.05) is 12.1 Å². The molecular weight excluding hydrogens is 429 g/mol. The number of anilines is 2. The van der Waals surface area contributed by atoms with Gasteiger partial charge in [-0.3, -0.25) is 0 Å². The normalized spacial score (nSPS) is 18.0. The summed E-state index contributed by atoms with van der Waals surface area (Å²) in [6.07, 6.45) is 0.801. The second kappa shape index (κ2) is 8.48. The van der Waals surface area contributed by atoms with Gasteiger partial charge in [0, 0.05) is 10.6 Å². The molecule has 3 heterocycles. The van der Waals surface area contributed by atoms with Crippen LogP contribution >= 0.6 is 11.6 Å². The summed E-state index contributed by atoms with van der Waals surface area (Å²) in [4.78, 5) is 25.4. The molecule has 0 aliphatic carbocycles. The summed E-state index contributed by atoms with van der Waals surface area (Å²) < 4.78 is 25.1. The van der Waals surface area contributed by atoms with Gasteiger partial charge in [0.15, 0.2) is 17.4 Å². The van der Waals surface area contributed by atoms with Crippen molar-refractivity contribution in [1.82, 2.24) is 15.0 Å². The Hall–Kier alpha value is -3.24. The Balaban J connectivity index is 1.54. The number of aliphatic hydroxyl groups excluding tert-OH is 1. The molecule has 0 spiro atoms. The van der Waals surface area contributed by atoms with Crippen LogP contribution < -0.4 is 10.2 Å². The molecule has 0 unspecified atom stereocenters. The third-order valence-corrected chi connectivity index (χ3v) is 5.04. The van der Waals surface area contributed by atoms with Crippen LogP contribution in [0.3, 0.4) is 0 Å². The van der Waals surface area contributed by atoms with Crippen molar-refractivity contribution in [2.24, 2.45) is 0 Å². The third kappa shape index (κ3) is 4.30. The van der Waals surface area contributed by atoms with Gasteiger partial charge in [0.2, 0.25) is 11.8 Å². The highest BCUT2D eigenvalue weighted by Gasteiger charge is 2.39. The van der Waals surface area contributed by atoms with E-state index in [9.17, 15) is 14.3 Å². The fraction of sp³-hybridized carbons (Fsp3) is 0.300. The number of halogens is 2. The standard InChI is InChI=1S/C20H19ClFN5O4/c1-10(18-23-8-16(31-18)12-3-5-13(21)6-4-12)25-19-24-7-14(22)17(26-19)27-15(11(2)28)9-30-20(27)29/h3-8,10-11,15,28H,9H2,1-2H3,(H,24,25,26)/t10-,11-,15-/m1/s1. The Morgan fingerprint density at radius 2 is 2.00 bits per heavy atom. The van der Waals surface area contributed by atoms with E-state index >= 15 is 0 Å². The van der Waals surface area contributed by atoms with E-state index in [0.29, 0.717) is 16.7 Å². The molecule has 1 fully saturated rings. The van der Waals surface area contributed by atoms with Crippen molar-refractivity contribution in [3.63, 3.8) is 0 Å². The van der Waals surface area contributed by atoms with Crippen molar-refractivity contribution in [2.45, 2.75) is 32.0 Å². The second-order valence-corrected chi connectivity index (χ2v) is 7.49. The van der Waals surface area contributed by atoms with Crippen LogP contribution in [0.25, 0.3) is 11.3 Å². The smallest absolute Gasteiger partial charge is 0.416 e. The first-order chi connectivity index (χ1) is 14.8. The summed E-state index contributed by atoms with van der Waals surface area (Å²) in [5.41, 5.74) is 0.812. The van der Waals surface area contributed by atoms with Crippen molar-refractivity contribution in [1.29, 1.82) is 0 Å². The molecule has 1 amide bonds. The fourth-order valence-electron chi connectivity index (χ4n) is 3.12. The lowest BCUT2D eigenvalue weighted by Crippen LogP contribution is -2.42. The molecule has 3 aromatic rings. The number of carbonyl (C=O) groups is 1. The predicted octanol–water partition coefficient (Wildman–Crippen LogP) is 3.80. The number of ether oxygens (including phenoxy) is 1. The first-order valence-corrected chi connectivity index (χ1v) is 9.86. The molecule has 0 saturated carbocycles. The topological polar surface area (TPSA) is 114 Å². The lowest BCUT2D eigenvalue weighted by atomic mass is 10.2. The van der Waals surface area contributed by atoms with Gasteiger partial charge in [-0.05, 0) is 38.1 Å². The molecule has 1 aliphatic rings. The number of aliphatic hydroxyl groups is 1. The Labute approximate surface area is 181 Å². The summed E-state index contributed by atoms with van der Waals surface area (Å²) in [7, 11) is 0. The zero-order chi connectivity index (χ0) is 22.1. The number of cyclic esters (lactones) is 1. The van der Waals surface area contributed by atoms with Crippen LogP contribution in [0.5, 0.6) is 0 Å². The van der Waals surface area contributed by atoms with Crippen LogP contribution in [-0.4, -0.2) is 44.9 Å². The maximum atomic E-state index is 14.4. The number of rotatable bonds is 6. The molecule has 0 bridgehead atoms. The highest BCUT2D eigenvalue weighted by Crippen LogP contribution is 2.28. The highest BCUT2D eigenvalue weighted by atomic mass is 35.5. The maximum Gasteiger partial charge on any atom is 0.416 e. The number of carbonyl (C=O) groups excluding carboxylic acids is 1. The third-order valence-electron chi connectivity index (χ3n) is 4.78. The zero-order valence-corrected chi connectivity index (χ0v) is 17.4. The average Bonchev–Trinajstić information content (AvgIpc) is 3.37. The minimum absolute atomic E-state index is 0.0548.